The normalized spacial score (nSPS) is 23.2. The Balaban J connectivity index is 2.42. The van der Waals surface area contributed by atoms with E-state index in [2.05, 4.69) is 38.2 Å². The van der Waals surface area contributed by atoms with Gasteiger partial charge in [-0.05, 0) is 38.5 Å². The Labute approximate surface area is 258 Å². The highest BCUT2D eigenvalue weighted by molar-refractivity contribution is 5.70. The van der Waals surface area contributed by atoms with Crippen LogP contribution in [-0.2, 0) is 28.5 Å². The van der Waals surface area contributed by atoms with E-state index in [-0.39, 0.29) is 26.1 Å². The second kappa shape index (κ2) is 25.5. The summed E-state index contributed by atoms with van der Waals surface area (Å²) in [6, 6.07) is 0. The van der Waals surface area contributed by atoms with Crippen LogP contribution in [0.25, 0.3) is 0 Å². The van der Waals surface area contributed by atoms with Gasteiger partial charge in [-0.15, -0.1) is 0 Å². The standard InChI is InChI=1S/C33H58O10/c1-3-5-7-9-10-11-12-13-14-15-16-17-18-20-22-29(36)42-26(24-40-28(35)21-19-8-6-4-2)25-41-33-32(39)31(38)30(37)27(23-34)43-33/h9-10,12-13,26-27,30-34,37-39H,3-8,11,14-25H2,1-2H3/b10-9-,13-12-. The van der Waals surface area contributed by atoms with Crippen LogP contribution in [0.15, 0.2) is 24.3 Å². The fourth-order valence-electron chi connectivity index (χ4n) is 4.61. The van der Waals surface area contributed by atoms with Gasteiger partial charge in [0.1, 0.15) is 31.0 Å². The molecule has 6 unspecified atom stereocenters. The summed E-state index contributed by atoms with van der Waals surface area (Å²) in [5, 5.41) is 39.6. The fourth-order valence-corrected chi connectivity index (χ4v) is 4.61. The Bertz CT molecular complexity index is 769. The average Bonchev–Trinajstić information content (AvgIpc) is 3.00. The van der Waals surface area contributed by atoms with Crippen molar-refractivity contribution < 1.29 is 49.0 Å². The van der Waals surface area contributed by atoms with Crippen LogP contribution in [-0.4, -0.2) is 89.0 Å². The largest absolute Gasteiger partial charge is 0.462 e. The van der Waals surface area contributed by atoms with Crippen molar-refractivity contribution in [3.63, 3.8) is 0 Å². The minimum Gasteiger partial charge on any atom is -0.462 e. The van der Waals surface area contributed by atoms with Crippen LogP contribution in [0, 0.1) is 0 Å². The lowest BCUT2D eigenvalue weighted by Gasteiger charge is -2.39. The first-order valence-corrected chi connectivity index (χ1v) is 16.4. The number of carbonyl (C=O) groups is 2. The van der Waals surface area contributed by atoms with Crippen molar-refractivity contribution in [3.05, 3.63) is 24.3 Å². The second-order valence-corrected chi connectivity index (χ2v) is 11.3. The van der Waals surface area contributed by atoms with Crippen LogP contribution in [0.3, 0.4) is 0 Å². The maximum absolute atomic E-state index is 12.5. The third kappa shape index (κ3) is 18.6. The van der Waals surface area contributed by atoms with Crippen molar-refractivity contribution in [2.75, 3.05) is 19.8 Å². The minimum atomic E-state index is -1.59. The van der Waals surface area contributed by atoms with E-state index in [1.165, 1.54) is 12.8 Å². The zero-order valence-electron chi connectivity index (χ0n) is 26.4. The minimum absolute atomic E-state index is 0.214. The van der Waals surface area contributed by atoms with Crippen LogP contribution in [0.4, 0.5) is 0 Å². The molecule has 1 aliphatic rings. The molecule has 250 valence electrons. The molecule has 0 amide bonds. The van der Waals surface area contributed by atoms with Gasteiger partial charge < -0.3 is 39.4 Å². The molecule has 0 aromatic heterocycles. The van der Waals surface area contributed by atoms with Crippen LogP contribution >= 0.6 is 0 Å². The molecule has 6 atom stereocenters. The van der Waals surface area contributed by atoms with Gasteiger partial charge in [-0.3, -0.25) is 9.59 Å². The molecule has 1 heterocycles. The van der Waals surface area contributed by atoms with Gasteiger partial charge in [-0.2, -0.15) is 0 Å². The SMILES string of the molecule is CCCC/C=C\C/C=C\CCCCCCCC(=O)OC(COC(=O)CCCCCC)COC1OC(CO)C(O)C(O)C1O. The lowest BCUT2D eigenvalue weighted by atomic mass is 9.99. The summed E-state index contributed by atoms with van der Waals surface area (Å²) in [7, 11) is 0. The molecule has 43 heavy (non-hydrogen) atoms. The van der Waals surface area contributed by atoms with E-state index in [0.29, 0.717) is 12.8 Å². The van der Waals surface area contributed by atoms with Crippen molar-refractivity contribution in [1.82, 2.24) is 0 Å². The van der Waals surface area contributed by atoms with E-state index < -0.39 is 55.4 Å². The first-order chi connectivity index (χ1) is 20.8. The number of esters is 2. The number of allylic oxidation sites excluding steroid dienone is 4. The maximum atomic E-state index is 12.5. The van der Waals surface area contributed by atoms with Gasteiger partial charge in [0.05, 0.1) is 13.2 Å². The molecule has 1 saturated heterocycles. The zero-order chi connectivity index (χ0) is 31.7. The van der Waals surface area contributed by atoms with Crippen LogP contribution < -0.4 is 0 Å². The van der Waals surface area contributed by atoms with Crippen LogP contribution in [0.2, 0.25) is 0 Å². The highest BCUT2D eigenvalue weighted by atomic mass is 16.7. The molecule has 1 fully saturated rings. The summed E-state index contributed by atoms with van der Waals surface area (Å²) in [6.45, 7) is 3.19. The average molecular weight is 615 g/mol. The van der Waals surface area contributed by atoms with Gasteiger partial charge in [0, 0.05) is 12.8 Å². The smallest absolute Gasteiger partial charge is 0.306 e. The van der Waals surface area contributed by atoms with Gasteiger partial charge in [-0.25, -0.2) is 0 Å². The molecule has 10 nitrogen and oxygen atoms in total. The number of aliphatic hydroxyl groups is 4. The van der Waals surface area contributed by atoms with E-state index in [4.69, 9.17) is 18.9 Å². The molecule has 1 rings (SSSR count). The summed E-state index contributed by atoms with van der Waals surface area (Å²) < 4.78 is 21.8. The Hall–Kier alpha value is -1.82. The molecule has 0 aromatic rings. The zero-order valence-corrected chi connectivity index (χ0v) is 26.4. The highest BCUT2D eigenvalue weighted by Crippen LogP contribution is 2.22. The van der Waals surface area contributed by atoms with Gasteiger partial charge >= 0.3 is 11.9 Å². The molecular formula is C33H58O10. The van der Waals surface area contributed by atoms with E-state index in [1.54, 1.807) is 0 Å². The Morgan fingerprint density at radius 1 is 0.721 bits per heavy atom. The molecule has 1 aliphatic heterocycles. The summed E-state index contributed by atoms with van der Waals surface area (Å²) in [5.74, 6) is -0.848. The number of hydrogen-bond acceptors (Lipinski definition) is 10. The predicted octanol–water partition coefficient (Wildman–Crippen LogP) is 4.65. The van der Waals surface area contributed by atoms with Gasteiger partial charge in [0.15, 0.2) is 12.4 Å². The first kappa shape index (κ1) is 39.2. The molecule has 0 radical (unpaired) electrons. The van der Waals surface area contributed by atoms with Gasteiger partial charge in [0.2, 0.25) is 0 Å². The van der Waals surface area contributed by atoms with Crippen molar-refractivity contribution in [2.45, 2.75) is 153 Å². The molecule has 0 bridgehead atoms. The fraction of sp³-hybridized carbons (Fsp3) is 0.818. The van der Waals surface area contributed by atoms with E-state index in [1.807, 2.05) is 0 Å². The molecule has 0 aliphatic carbocycles. The summed E-state index contributed by atoms with van der Waals surface area (Å²) in [4.78, 5) is 24.7. The molecular weight excluding hydrogens is 556 g/mol. The number of carbonyl (C=O) groups excluding carboxylic acids is 2. The van der Waals surface area contributed by atoms with Crippen molar-refractivity contribution in [3.8, 4) is 0 Å². The summed E-state index contributed by atoms with van der Waals surface area (Å²) >= 11 is 0. The highest BCUT2D eigenvalue weighted by Gasteiger charge is 2.44. The second-order valence-electron chi connectivity index (χ2n) is 11.3. The summed E-state index contributed by atoms with van der Waals surface area (Å²) in [5.41, 5.74) is 0. The van der Waals surface area contributed by atoms with Crippen LogP contribution in [0.5, 0.6) is 0 Å². The topological polar surface area (TPSA) is 152 Å². The summed E-state index contributed by atoms with van der Waals surface area (Å²) in [6.07, 6.45) is 15.4. The van der Waals surface area contributed by atoms with Crippen molar-refractivity contribution in [2.24, 2.45) is 0 Å². The van der Waals surface area contributed by atoms with E-state index >= 15 is 0 Å². The monoisotopic (exact) mass is 614 g/mol. The van der Waals surface area contributed by atoms with E-state index in [9.17, 15) is 30.0 Å². The molecule has 10 heteroatoms. The van der Waals surface area contributed by atoms with E-state index in [0.717, 1.165) is 64.2 Å². The Kier molecular flexibility index (Phi) is 23.3. The predicted molar refractivity (Wildman–Crippen MR) is 164 cm³/mol. The Morgan fingerprint density at radius 3 is 2.00 bits per heavy atom. The molecule has 4 N–H and O–H groups in total. The van der Waals surface area contributed by atoms with Gasteiger partial charge in [0.25, 0.3) is 0 Å². The third-order valence-electron chi connectivity index (χ3n) is 7.34. The third-order valence-corrected chi connectivity index (χ3v) is 7.34. The lowest BCUT2D eigenvalue weighted by molar-refractivity contribution is -0.305. The van der Waals surface area contributed by atoms with Gasteiger partial charge in [-0.1, -0.05) is 89.5 Å². The molecule has 0 spiro atoms. The number of unbranched alkanes of at least 4 members (excludes halogenated alkanes) is 10. The molecule has 0 aromatic carbocycles. The Morgan fingerprint density at radius 2 is 1.33 bits per heavy atom. The first-order valence-electron chi connectivity index (χ1n) is 16.4. The molecule has 0 saturated carbocycles. The van der Waals surface area contributed by atoms with Crippen molar-refractivity contribution in [1.29, 1.82) is 0 Å². The number of ether oxygens (including phenoxy) is 4. The van der Waals surface area contributed by atoms with Crippen molar-refractivity contribution >= 4 is 11.9 Å². The number of hydrogen-bond donors (Lipinski definition) is 4. The number of rotatable bonds is 25. The maximum Gasteiger partial charge on any atom is 0.306 e. The van der Waals surface area contributed by atoms with Crippen LogP contribution in [0.1, 0.15) is 117 Å². The number of aliphatic hydroxyl groups excluding tert-OH is 4. The lowest BCUT2D eigenvalue weighted by Crippen LogP contribution is -2.59. The quantitative estimate of drug-likeness (QED) is 0.0649.